The summed E-state index contributed by atoms with van der Waals surface area (Å²) >= 11 is 0. The van der Waals surface area contributed by atoms with E-state index < -0.39 is 26.6 Å². The molecule has 0 fully saturated rings. The van der Waals surface area contributed by atoms with E-state index in [0.29, 0.717) is 11.1 Å². The van der Waals surface area contributed by atoms with Gasteiger partial charge in [-0.15, -0.1) is 0 Å². The Morgan fingerprint density at radius 2 is 1.61 bits per heavy atom. The van der Waals surface area contributed by atoms with E-state index in [-0.39, 0.29) is 33.4 Å². The van der Waals surface area contributed by atoms with Crippen LogP contribution in [0.2, 0.25) is 0 Å². The Hall–Kier alpha value is -3.54. The largest absolute Gasteiger partial charge is 0.493 e. The summed E-state index contributed by atoms with van der Waals surface area (Å²) in [5.74, 6) is -0.873. The molecule has 0 spiro atoms. The fraction of sp³-hybridized carbons (Fsp3) is 0.316. The Morgan fingerprint density at radius 1 is 1.00 bits per heavy atom. The molecule has 0 heterocycles. The number of nitrogens with one attached hydrogen (secondary N) is 1. The van der Waals surface area contributed by atoms with Crippen molar-refractivity contribution in [2.45, 2.75) is 18.7 Å². The Labute approximate surface area is 179 Å². The van der Waals surface area contributed by atoms with Crippen LogP contribution in [0.1, 0.15) is 21.5 Å². The van der Waals surface area contributed by atoms with Gasteiger partial charge in [-0.1, -0.05) is 0 Å². The molecular formula is C19H22N2O9S. The zero-order valence-electron chi connectivity index (χ0n) is 17.8. The van der Waals surface area contributed by atoms with E-state index in [1.54, 1.807) is 6.92 Å². The molecule has 31 heavy (non-hydrogen) atoms. The van der Waals surface area contributed by atoms with Gasteiger partial charge in [0.2, 0.25) is 5.75 Å². The maximum atomic E-state index is 13.2. The van der Waals surface area contributed by atoms with Crippen LogP contribution in [0.25, 0.3) is 0 Å². The molecule has 12 heteroatoms. The molecule has 0 amide bonds. The fourth-order valence-corrected chi connectivity index (χ4v) is 4.33. The monoisotopic (exact) mass is 454 g/mol. The lowest BCUT2D eigenvalue weighted by Gasteiger charge is -2.20. The molecule has 0 aromatic heterocycles. The van der Waals surface area contributed by atoms with Crippen LogP contribution in [0.3, 0.4) is 0 Å². The number of sulfonamides is 1. The van der Waals surface area contributed by atoms with Gasteiger partial charge in [-0.3, -0.25) is 14.8 Å². The maximum absolute atomic E-state index is 13.2. The average molecular weight is 454 g/mol. The van der Waals surface area contributed by atoms with Gasteiger partial charge in [0.1, 0.15) is 5.69 Å². The van der Waals surface area contributed by atoms with Crippen LogP contribution in [-0.2, 0) is 14.8 Å². The second-order valence-electron chi connectivity index (χ2n) is 6.31. The van der Waals surface area contributed by atoms with Gasteiger partial charge in [-0.25, -0.2) is 13.2 Å². The highest BCUT2D eigenvalue weighted by Crippen LogP contribution is 2.46. The molecule has 0 aliphatic heterocycles. The highest BCUT2D eigenvalue weighted by atomic mass is 32.2. The van der Waals surface area contributed by atoms with Crippen LogP contribution >= 0.6 is 0 Å². The topological polar surface area (TPSA) is 143 Å². The minimum atomic E-state index is -4.40. The molecule has 168 valence electrons. The lowest BCUT2D eigenvalue weighted by molar-refractivity contribution is -0.385. The van der Waals surface area contributed by atoms with Gasteiger partial charge in [0.05, 0.1) is 43.8 Å². The number of non-ortho nitro benzene ring substituents is 1. The Kier molecular flexibility index (Phi) is 6.95. The van der Waals surface area contributed by atoms with Crippen molar-refractivity contribution in [1.29, 1.82) is 0 Å². The zero-order valence-corrected chi connectivity index (χ0v) is 18.6. The second-order valence-corrected chi connectivity index (χ2v) is 7.96. The number of ether oxygens (including phenoxy) is 4. The van der Waals surface area contributed by atoms with Gasteiger partial charge < -0.3 is 18.9 Å². The number of nitro benzene ring substituents is 1. The van der Waals surface area contributed by atoms with E-state index in [2.05, 4.69) is 4.72 Å². The summed E-state index contributed by atoms with van der Waals surface area (Å²) in [4.78, 5) is 22.6. The summed E-state index contributed by atoms with van der Waals surface area (Å²) in [5, 5.41) is 11.2. The lowest BCUT2D eigenvalue weighted by atomic mass is 10.1. The predicted octanol–water partition coefficient (Wildman–Crippen LogP) is 2.82. The van der Waals surface area contributed by atoms with Crippen molar-refractivity contribution in [1.82, 2.24) is 0 Å². The van der Waals surface area contributed by atoms with Crippen LogP contribution < -0.4 is 18.9 Å². The number of carbonyl (C=O) groups is 1. The van der Waals surface area contributed by atoms with Crippen molar-refractivity contribution in [2.24, 2.45) is 0 Å². The molecule has 2 aromatic carbocycles. The first kappa shape index (κ1) is 23.7. The SMILES string of the molecule is COC(=O)c1cc(OC)c(OC)c(OC)c1NS(=O)(=O)c1cc([N+](=O)[O-])cc(C)c1C. The third kappa shape index (κ3) is 4.48. The van der Waals surface area contributed by atoms with E-state index in [4.69, 9.17) is 18.9 Å². The molecule has 0 unspecified atom stereocenters. The molecule has 0 aliphatic carbocycles. The van der Waals surface area contributed by atoms with Crippen molar-refractivity contribution in [3.63, 3.8) is 0 Å². The number of aryl methyl sites for hydroxylation is 1. The molecule has 11 nitrogen and oxygen atoms in total. The molecule has 2 rings (SSSR count). The van der Waals surface area contributed by atoms with Crippen LogP contribution in [0.4, 0.5) is 11.4 Å². The van der Waals surface area contributed by atoms with E-state index >= 15 is 0 Å². The number of nitro groups is 1. The highest BCUT2D eigenvalue weighted by Gasteiger charge is 2.30. The first-order valence-electron chi connectivity index (χ1n) is 8.72. The fourth-order valence-electron chi connectivity index (χ4n) is 2.91. The van der Waals surface area contributed by atoms with Crippen LogP contribution in [0.5, 0.6) is 17.2 Å². The van der Waals surface area contributed by atoms with Gasteiger partial charge in [0.15, 0.2) is 11.5 Å². The summed E-state index contributed by atoms with van der Waals surface area (Å²) < 4.78 is 49.2. The van der Waals surface area contributed by atoms with Gasteiger partial charge >= 0.3 is 5.97 Å². The predicted molar refractivity (Wildman–Crippen MR) is 111 cm³/mol. The number of carbonyl (C=O) groups excluding carboxylic acids is 1. The first-order valence-corrected chi connectivity index (χ1v) is 10.2. The quantitative estimate of drug-likeness (QED) is 0.362. The Morgan fingerprint density at radius 3 is 2.10 bits per heavy atom. The standard InChI is InChI=1S/C19H22N2O9S/c1-10-7-12(21(23)24)8-15(11(10)2)31(25,26)20-16-13(19(22)30-6)9-14(27-3)17(28-4)18(16)29-5/h7-9,20H,1-6H3. The summed E-state index contributed by atoms with van der Waals surface area (Å²) in [6.07, 6.45) is 0. The van der Waals surface area contributed by atoms with Crippen molar-refractivity contribution < 1.29 is 37.1 Å². The van der Waals surface area contributed by atoms with Gasteiger partial charge in [-0.2, -0.15) is 0 Å². The van der Waals surface area contributed by atoms with Gasteiger partial charge in [0.25, 0.3) is 15.7 Å². The number of methoxy groups -OCH3 is 4. The summed E-state index contributed by atoms with van der Waals surface area (Å²) in [6, 6.07) is 3.44. The second kappa shape index (κ2) is 9.08. The molecule has 0 aliphatic rings. The summed E-state index contributed by atoms with van der Waals surface area (Å²) in [6.45, 7) is 3.07. The smallest absolute Gasteiger partial charge is 0.340 e. The van der Waals surface area contributed by atoms with Gasteiger partial charge in [-0.05, 0) is 25.0 Å². The summed E-state index contributed by atoms with van der Waals surface area (Å²) in [7, 11) is 0.610. The van der Waals surface area contributed by atoms with Crippen molar-refractivity contribution in [2.75, 3.05) is 33.2 Å². The normalized spacial score (nSPS) is 10.9. The number of benzene rings is 2. The molecule has 0 bridgehead atoms. The molecule has 0 saturated heterocycles. The van der Waals surface area contributed by atoms with E-state index in [0.717, 1.165) is 13.2 Å². The first-order chi connectivity index (χ1) is 14.5. The summed E-state index contributed by atoms with van der Waals surface area (Å²) in [5.41, 5.74) is -0.161. The van der Waals surface area contributed by atoms with Crippen molar-refractivity contribution in [3.8, 4) is 17.2 Å². The number of rotatable bonds is 8. The number of nitrogens with zero attached hydrogens (tertiary/aromatic N) is 1. The maximum Gasteiger partial charge on any atom is 0.340 e. The van der Waals surface area contributed by atoms with Crippen LogP contribution in [-0.4, -0.2) is 47.7 Å². The molecular weight excluding hydrogens is 432 g/mol. The average Bonchev–Trinajstić information content (AvgIpc) is 2.73. The third-order valence-corrected chi connectivity index (χ3v) is 6.05. The van der Waals surface area contributed by atoms with E-state index in [9.17, 15) is 23.3 Å². The highest BCUT2D eigenvalue weighted by molar-refractivity contribution is 7.92. The zero-order chi connectivity index (χ0) is 23.5. The molecule has 0 saturated carbocycles. The Balaban J connectivity index is 2.80. The number of esters is 1. The van der Waals surface area contributed by atoms with Crippen molar-refractivity contribution in [3.05, 3.63) is 45.0 Å². The molecule has 1 N–H and O–H groups in total. The molecule has 2 aromatic rings. The number of hydrogen-bond donors (Lipinski definition) is 1. The van der Waals surface area contributed by atoms with Crippen LogP contribution in [0, 0.1) is 24.0 Å². The van der Waals surface area contributed by atoms with E-state index in [1.165, 1.54) is 40.4 Å². The Bertz CT molecular complexity index is 1140. The van der Waals surface area contributed by atoms with Gasteiger partial charge in [0, 0.05) is 18.2 Å². The minimum absolute atomic E-state index is 0.0299. The van der Waals surface area contributed by atoms with Crippen LogP contribution in [0.15, 0.2) is 23.1 Å². The van der Waals surface area contributed by atoms with E-state index in [1.807, 2.05) is 0 Å². The third-order valence-electron chi connectivity index (χ3n) is 4.58. The molecule has 0 atom stereocenters. The molecule has 0 radical (unpaired) electrons. The minimum Gasteiger partial charge on any atom is -0.493 e. The lowest BCUT2D eigenvalue weighted by Crippen LogP contribution is -2.19. The van der Waals surface area contributed by atoms with Crippen molar-refractivity contribution >= 4 is 27.4 Å². The number of hydrogen-bond acceptors (Lipinski definition) is 9. The number of anilines is 1.